The second-order valence-corrected chi connectivity index (χ2v) is 3.94. The largest absolute Gasteiger partial charge is 0.393 e. The van der Waals surface area contributed by atoms with Gasteiger partial charge in [0.1, 0.15) is 5.82 Å². The van der Waals surface area contributed by atoms with Crippen LogP contribution in [0.4, 0.5) is 11.8 Å². The highest BCUT2D eigenvalue weighted by Gasteiger charge is 2.24. The number of hydrogen-bond acceptors (Lipinski definition) is 5. The van der Waals surface area contributed by atoms with E-state index in [-0.39, 0.29) is 6.10 Å². The molecule has 0 aromatic carbocycles. The molecule has 1 aliphatic rings. The molecule has 1 aliphatic carbocycles. The second-order valence-electron chi connectivity index (χ2n) is 3.94. The Hall–Kier alpha value is -1.36. The van der Waals surface area contributed by atoms with E-state index in [2.05, 4.69) is 15.3 Å². The van der Waals surface area contributed by atoms with E-state index in [0.717, 1.165) is 19.3 Å². The van der Waals surface area contributed by atoms with Gasteiger partial charge in [-0.25, -0.2) is 4.98 Å². The first kappa shape index (κ1) is 10.2. The molecule has 1 aromatic heterocycles. The number of rotatable bonds is 3. The van der Waals surface area contributed by atoms with Gasteiger partial charge >= 0.3 is 0 Å². The summed E-state index contributed by atoms with van der Waals surface area (Å²) in [5.41, 5.74) is 5.53. The highest BCUT2D eigenvalue weighted by atomic mass is 16.3. The van der Waals surface area contributed by atoms with Gasteiger partial charge in [-0.05, 0) is 18.9 Å². The molecule has 2 rings (SSSR count). The normalized spacial score (nSPS) is 25.4. The van der Waals surface area contributed by atoms with E-state index in [4.69, 9.17) is 5.73 Å². The summed E-state index contributed by atoms with van der Waals surface area (Å²) in [6.45, 7) is 0.713. The van der Waals surface area contributed by atoms with Gasteiger partial charge < -0.3 is 16.2 Å². The number of hydrogen-bond donors (Lipinski definition) is 3. The Morgan fingerprint density at radius 1 is 1.53 bits per heavy atom. The van der Waals surface area contributed by atoms with E-state index < -0.39 is 0 Å². The van der Waals surface area contributed by atoms with E-state index in [0.29, 0.717) is 24.2 Å². The van der Waals surface area contributed by atoms with Crippen molar-refractivity contribution in [1.82, 2.24) is 9.97 Å². The lowest BCUT2D eigenvalue weighted by molar-refractivity contribution is 0.138. The lowest BCUT2D eigenvalue weighted by Gasteiger charge is -2.14. The summed E-state index contributed by atoms with van der Waals surface area (Å²) < 4.78 is 0. The van der Waals surface area contributed by atoms with Gasteiger partial charge in [-0.15, -0.1) is 0 Å². The van der Waals surface area contributed by atoms with Gasteiger partial charge in [0.2, 0.25) is 5.95 Å². The molecule has 4 N–H and O–H groups in total. The molecule has 0 bridgehead atoms. The van der Waals surface area contributed by atoms with Crippen LogP contribution in [-0.2, 0) is 0 Å². The fourth-order valence-corrected chi connectivity index (χ4v) is 1.94. The number of nitrogens with one attached hydrogen (secondary N) is 1. The fraction of sp³-hybridized carbons (Fsp3) is 0.600. The van der Waals surface area contributed by atoms with Crippen LogP contribution in [-0.4, -0.2) is 27.7 Å². The summed E-state index contributed by atoms with van der Waals surface area (Å²) in [5, 5.41) is 12.7. The Bertz CT molecular complexity index is 331. The van der Waals surface area contributed by atoms with E-state index in [9.17, 15) is 5.11 Å². The molecular formula is C10H16N4O. The van der Waals surface area contributed by atoms with Crippen molar-refractivity contribution in [3.05, 3.63) is 12.3 Å². The molecule has 0 radical (unpaired) electrons. The maximum absolute atomic E-state index is 9.62. The number of aromatic nitrogens is 2. The van der Waals surface area contributed by atoms with Crippen molar-refractivity contribution in [1.29, 1.82) is 0 Å². The van der Waals surface area contributed by atoms with Gasteiger partial charge in [-0.3, -0.25) is 0 Å². The zero-order chi connectivity index (χ0) is 10.7. The second kappa shape index (κ2) is 4.44. The zero-order valence-corrected chi connectivity index (χ0v) is 8.56. The Balaban J connectivity index is 1.87. The minimum atomic E-state index is -0.182. The molecule has 2 unspecified atom stereocenters. The van der Waals surface area contributed by atoms with E-state index in [1.165, 1.54) is 0 Å². The standard InChI is InChI=1S/C10H16N4O/c11-9-4-5-12-10(14-9)13-6-7-2-1-3-8(7)15/h4-5,7-8,15H,1-3,6H2,(H3,11,12,13,14). The van der Waals surface area contributed by atoms with Crippen LogP contribution in [0.1, 0.15) is 19.3 Å². The first-order valence-electron chi connectivity index (χ1n) is 5.26. The molecule has 0 spiro atoms. The lowest BCUT2D eigenvalue weighted by Crippen LogP contribution is -2.22. The minimum absolute atomic E-state index is 0.182. The third-order valence-electron chi connectivity index (χ3n) is 2.82. The minimum Gasteiger partial charge on any atom is -0.393 e. The number of aliphatic hydroxyl groups excluding tert-OH is 1. The Kier molecular flexibility index (Phi) is 3.01. The van der Waals surface area contributed by atoms with Gasteiger partial charge in [0, 0.05) is 18.7 Å². The van der Waals surface area contributed by atoms with Crippen LogP contribution in [0.5, 0.6) is 0 Å². The molecule has 1 heterocycles. The SMILES string of the molecule is Nc1ccnc(NCC2CCCC2O)n1. The number of aliphatic hydroxyl groups is 1. The Labute approximate surface area is 88.7 Å². The molecule has 1 saturated carbocycles. The van der Waals surface area contributed by atoms with Crippen molar-refractivity contribution in [2.45, 2.75) is 25.4 Å². The van der Waals surface area contributed by atoms with Crippen LogP contribution in [0.15, 0.2) is 12.3 Å². The highest BCUT2D eigenvalue weighted by Crippen LogP contribution is 2.25. The summed E-state index contributed by atoms with van der Waals surface area (Å²) in [7, 11) is 0. The van der Waals surface area contributed by atoms with Crippen LogP contribution in [0.3, 0.4) is 0 Å². The summed E-state index contributed by atoms with van der Waals surface area (Å²) in [4.78, 5) is 8.07. The van der Waals surface area contributed by atoms with E-state index in [1.54, 1.807) is 12.3 Å². The van der Waals surface area contributed by atoms with Crippen LogP contribution in [0.2, 0.25) is 0 Å². The first-order chi connectivity index (χ1) is 7.25. The molecule has 5 nitrogen and oxygen atoms in total. The van der Waals surface area contributed by atoms with Crippen LogP contribution < -0.4 is 11.1 Å². The first-order valence-corrected chi connectivity index (χ1v) is 5.26. The van der Waals surface area contributed by atoms with Gasteiger partial charge in [0.15, 0.2) is 0 Å². The summed E-state index contributed by atoms with van der Waals surface area (Å²) in [6, 6.07) is 1.65. The maximum Gasteiger partial charge on any atom is 0.224 e. The van der Waals surface area contributed by atoms with Crippen molar-refractivity contribution < 1.29 is 5.11 Å². The van der Waals surface area contributed by atoms with Gasteiger partial charge in [0.05, 0.1) is 6.10 Å². The van der Waals surface area contributed by atoms with Crippen molar-refractivity contribution in [3.8, 4) is 0 Å². The molecule has 1 aromatic rings. The molecule has 82 valence electrons. The summed E-state index contributed by atoms with van der Waals surface area (Å²) >= 11 is 0. The Morgan fingerprint density at radius 2 is 2.40 bits per heavy atom. The molecule has 15 heavy (non-hydrogen) atoms. The van der Waals surface area contributed by atoms with Crippen molar-refractivity contribution in [3.63, 3.8) is 0 Å². The van der Waals surface area contributed by atoms with Crippen molar-refractivity contribution in [2.75, 3.05) is 17.6 Å². The lowest BCUT2D eigenvalue weighted by atomic mass is 10.1. The van der Waals surface area contributed by atoms with E-state index >= 15 is 0 Å². The van der Waals surface area contributed by atoms with E-state index in [1.807, 2.05) is 0 Å². The summed E-state index contributed by atoms with van der Waals surface area (Å²) in [6.07, 6.45) is 4.51. The zero-order valence-electron chi connectivity index (χ0n) is 8.56. The molecule has 2 atom stereocenters. The molecule has 1 fully saturated rings. The topological polar surface area (TPSA) is 84.1 Å². The van der Waals surface area contributed by atoms with Crippen LogP contribution in [0, 0.1) is 5.92 Å². The third kappa shape index (κ3) is 2.56. The van der Waals surface area contributed by atoms with Crippen molar-refractivity contribution in [2.24, 2.45) is 5.92 Å². The van der Waals surface area contributed by atoms with Crippen LogP contribution >= 0.6 is 0 Å². The number of nitrogens with two attached hydrogens (primary N) is 1. The number of anilines is 2. The summed E-state index contributed by atoms with van der Waals surface area (Å²) in [5.74, 6) is 1.31. The number of nitrogens with zero attached hydrogens (tertiary/aromatic N) is 2. The third-order valence-corrected chi connectivity index (χ3v) is 2.82. The quantitative estimate of drug-likeness (QED) is 0.678. The predicted molar refractivity (Wildman–Crippen MR) is 58.3 cm³/mol. The monoisotopic (exact) mass is 208 g/mol. The molecule has 0 saturated heterocycles. The molecule has 0 aliphatic heterocycles. The van der Waals surface area contributed by atoms with Gasteiger partial charge in [-0.2, -0.15) is 4.98 Å². The van der Waals surface area contributed by atoms with Crippen molar-refractivity contribution >= 4 is 11.8 Å². The predicted octanol–water partition coefficient (Wildman–Crippen LogP) is 0.632. The Morgan fingerprint density at radius 3 is 3.07 bits per heavy atom. The highest BCUT2D eigenvalue weighted by molar-refractivity contribution is 5.34. The van der Waals surface area contributed by atoms with Gasteiger partial charge in [-0.1, -0.05) is 6.42 Å². The maximum atomic E-state index is 9.62. The average molecular weight is 208 g/mol. The molecule has 0 amide bonds. The molecule has 5 heteroatoms. The molecular weight excluding hydrogens is 192 g/mol. The fourth-order valence-electron chi connectivity index (χ4n) is 1.94. The average Bonchev–Trinajstić information content (AvgIpc) is 2.61. The number of nitrogen functional groups attached to an aromatic ring is 1. The van der Waals surface area contributed by atoms with Gasteiger partial charge in [0.25, 0.3) is 0 Å². The van der Waals surface area contributed by atoms with Crippen LogP contribution in [0.25, 0.3) is 0 Å². The smallest absolute Gasteiger partial charge is 0.224 e.